The highest BCUT2D eigenvalue weighted by Crippen LogP contribution is 2.47. The Balaban J connectivity index is 1.72. The molecule has 0 bridgehead atoms. The number of likely N-dealkylation sites (N-methyl/N-ethyl adjacent to an activating group) is 2. The van der Waals surface area contributed by atoms with Crippen LogP contribution in [-0.2, 0) is 12.0 Å². The largest absolute Gasteiger partial charge is 0.384 e. The van der Waals surface area contributed by atoms with Crippen LogP contribution in [-0.4, -0.2) is 38.1 Å². The van der Waals surface area contributed by atoms with E-state index >= 15 is 0 Å². The fourth-order valence-corrected chi connectivity index (χ4v) is 5.42. The molecule has 4 heteroatoms. The summed E-state index contributed by atoms with van der Waals surface area (Å²) in [6.07, 6.45) is 17.9. The standard InChI is InChI=1S/C32H48N4/c1-8-36(9-2)22-21-34-28-16-12-10-11-15-26(28)31(3,4)20-14-13-17-30-32(5,6)27-23-25(24-33)18-19-29(27)35(30)7/h10-11,13-19,23,34H,8-9,12,20-22,24,33H2,1-7H3/b14-13+,30-17+. The SMILES string of the molecule is CCN(CC)CCNC1=CCC=CC=C1C(C)(C)C/C=C/C=C1/N(C)c2ccc(CN)cc2C1(C)C. The molecule has 36 heavy (non-hydrogen) atoms. The zero-order valence-corrected chi connectivity index (χ0v) is 23.7. The molecule has 3 rings (SSSR count). The van der Waals surface area contributed by atoms with E-state index < -0.39 is 0 Å². The van der Waals surface area contributed by atoms with Gasteiger partial charge < -0.3 is 20.9 Å². The van der Waals surface area contributed by atoms with E-state index in [2.05, 4.69) is 124 Å². The molecule has 0 fully saturated rings. The smallest absolute Gasteiger partial charge is 0.0448 e. The lowest BCUT2D eigenvalue weighted by atomic mass is 9.78. The van der Waals surface area contributed by atoms with Gasteiger partial charge in [0.1, 0.15) is 0 Å². The summed E-state index contributed by atoms with van der Waals surface area (Å²) in [5.41, 5.74) is 13.7. The van der Waals surface area contributed by atoms with Crippen molar-refractivity contribution in [2.75, 3.05) is 38.1 Å². The molecule has 0 atom stereocenters. The normalized spacial score (nSPS) is 18.6. The highest BCUT2D eigenvalue weighted by molar-refractivity contribution is 5.70. The third kappa shape index (κ3) is 6.22. The van der Waals surface area contributed by atoms with Crippen LogP contribution >= 0.6 is 0 Å². The lowest BCUT2D eigenvalue weighted by Crippen LogP contribution is -2.33. The second-order valence-electron chi connectivity index (χ2n) is 11.1. The van der Waals surface area contributed by atoms with Gasteiger partial charge in [-0.1, -0.05) is 90.1 Å². The Morgan fingerprint density at radius 3 is 2.64 bits per heavy atom. The zero-order chi connectivity index (χ0) is 26.3. The zero-order valence-electron chi connectivity index (χ0n) is 23.7. The van der Waals surface area contributed by atoms with E-state index in [1.807, 2.05) is 0 Å². The predicted molar refractivity (Wildman–Crippen MR) is 157 cm³/mol. The van der Waals surface area contributed by atoms with Crippen LogP contribution in [0.1, 0.15) is 65.5 Å². The Morgan fingerprint density at radius 2 is 1.94 bits per heavy atom. The molecule has 0 aromatic heterocycles. The number of nitrogens with one attached hydrogen (secondary N) is 1. The summed E-state index contributed by atoms with van der Waals surface area (Å²) in [4.78, 5) is 4.79. The first kappa shape index (κ1) is 28.0. The predicted octanol–water partition coefficient (Wildman–Crippen LogP) is 6.43. The number of allylic oxidation sites excluding steroid dienone is 9. The van der Waals surface area contributed by atoms with Crippen LogP contribution in [0.15, 0.2) is 77.7 Å². The van der Waals surface area contributed by atoms with E-state index in [9.17, 15) is 0 Å². The first-order valence-corrected chi connectivity index (χ1v) is 13.6. The molecule has 1 aliphatic heterocycles. The molecule has 1 aromatic carbocycles. The van der Waals surface area contributed by atoms with Crippen molar-refractivity contribution in [1.29, 1.82) is 0 Å². The minimum Gasteiger partial charge on any atom is -0.384 e. The van der Waals surface area contributed by atoms with Gasteiger partial charge in [0.25, 0.3) is 0 Å². The Bertz CT molecular complexity index is 1050. The van der Waals surface area contributed by atoms with Gasteiger partial charge in [0, 0.05) is 49.2 Å². The van der Waals surface area contributed by atoms with Gasteiger partial charge in [0.2, 0.25) is 0 Å². The molecular formula is C32H48N4. The van der Waals surface area contributed by atoms with E-state index in [1.54, 1.807) is 0 Å². The lowest BCUT2D eigenvalue weighted by molar-refractivity contribution is 0.305. The molecule has 0 amide bonds. The highest BCUT2D eigenvalue weighted by atomic mass is 15.2. The monoisotopic (exact) mass is 488 g/mol. The summed E-state index contributed by atoms with van der Waals surface area (Å²) in [6, 6.07) is 6.62. The van der Waals surface area contributed by atoms with Gasteiger partial charge in [-0.15, -0.1) is 0 Å². The molecule has 1 heterocycles. The molecule has 4 nitrogen and oxygen atoms in total. The van der Waals surface area contributed by atoms with E-state index in [0.29, 0.717) is 6.54 Å². The Kier molecular flexibility index (Phi) is 9.43. The van der Waals surface area contributed by atoms with E-state index in [0.717, 1.165) is 39.0 Å². The molecule has 1 aliphatic carbocycles. The van der Waals surface area contributed by atoms with Crippen LogP contribution in [0.5, 0.6) is 0 Å². The van der Waals surface area contributed by atoms with Crippen LogP contribution in [0.3, 0.4) is 0 Å². The number of nitrogens with two attached hydrogens (primary N) is 1. The van der Waals surface area contributed by atoms with E-state index in [4.69, 9.17) is 5.73 Å². The van der Waals surface area contributed by atoms with Crippen molar-refractivity contribution in [3.63, 3.8) is 0 Å². The van der Waals surface area contributed by atoms with Crippen LogP contribution < -0.4 is 16.0 Å². The molecule has 3 N–H and O–H groups in total. The molecule has 0 radical (unpaired) electrons. The van der Waals surface area contributed by atoms with Crippen molar-refractivity contribution in [1.82, 2.24) is 10.2 Å². The van der Waals surface area contributed by atoms with Crippen molar-refractivity contribution in [3.05, 3.63) is 88.8 Å². The number of anilines is 1. The van der Waals surface area contributed by atoms with Crippen LogP contribution in [0.25, 0.3) is 0 Å². The highest BCUT2D eigenvalue weighted by Gasteiger charge is 2.38. The van der Waals surface area contributed by atoms with Gasteiger partial charge in [-0.2, -0.15) is 0 Å². The Hall–Kier alpha value is -2.56. The first-order chi connectivity index (χ1) is 17.2. The average molecular weight is 489 g/mol. The van der Waals surface area contributed by atoms with Gasteiger partial charge in [0.15, 0.2) is 0 Å². The summed E-state index contributed by atoms with van der Waals surface area (Å²) in [5, 5.41) is 3.75. The van der Waals surface area contributed by atoms with Gasteiger partial charge >= 0.3 is 0 Å². The van der Waals surface area contributed by atoms with Crippen LogP contribution in [0.2, 0.25) is 0 Å². The Morgan fingerprint density at radius 1 is 1.19 bits per heavy atom. The van der Waals surface area contributed by atoms with Crippen molar-refractivity contribution in [3.8, 4) is 0 Å². The van der Waals surface area contributed by atoms with Crippen molar-refractivity contribution in [2.24, 2.45) is 11.1 Å². The second kappa shape index (κ2) is 12.1. The summed E-state index contributed by atoms with van der Waals surface area (Å²) in [7, 11) is 2.17. The van der Waals surface area contributed by atoms with Gasteiger partial charge in [-0.3, -0.25) is 0 Å². The van der Waals surface area contributed by atoms with Crippen molar-refractivity contribution in [2.45, 2.75) is 66.3 Å². The van der Waals surface area contributed by atoms with Gasteiger partial charge in [0.05, 0.1) is 0 Å². The van der Waals surface area contributed by atoms with Crippen LogP contribution in [0, 0.1) is 5.41 Å². The van der Waals surface area contributed by atoms with Crippen molar-refractivity contribution < 1.29 is 0 Å². The maximum atomic E-state index is 5.92. The van der Waals surface area contributed by atoms with Crippen molar-refractivity contribution >= 4 is 5.69 Å². The van der Waals surface area contributed by atoms with E-state index in [-0.39, 0.29) is 10.8 Å². The molecular weight excluding hydrogens is 440 g/mol. The Labute approximate surface area is 220 Å². The van der Waals surface area contributed by atoms with Crippen LogP contribution in [0.4, 0.5) is 5.69 Å². The number of benzene rings is 1. The maximum absolute atomic E-state index is 5.92. The summed E-state index contributed by atoms with van der Waals surface area (Å²) < 4.78 is 0. The fourth-order valence-electron chi connectivity index (χ4n) is 5.42. The third-order valence-electron chi connectivity index (χ3n) is 7.87. The quantitative estimate of drug-likeness (QED) is 0.377. The number of hydrogen-bond acceptors (Lipinski definition) is 4. The first-order valence-electron chi connectivity index (χ1n) is 13.6. The molecule has 0 spiro atoms. The molecule has 0 unspecified atom stereocenters. The van der Waals surface area contributed by atoms with Gasteiger partial charge in [-0.25, -0.2) is 0 Å². The maximum Gasteiger partial charge on any atom is 0.0448 e. The molecule has 196 valence electrons. The summed E-state index contributed by atoms with van der Waals surface area (Å²) in [5.74, 6) is 0. The third-order valence-corrected chi connectivity index (χ3v) is 7.87. The number of nitrogens with zero attached hydrogens (tertiary/aromatic N) is 2. The number of fused-ring (bicyclic) bond motifs is 1. The molecule has 0 saturated carbocycles. The average Bonchev–Trinajstić information content (AvgIpc) is 3.01. The minimum absolute atomic E-state index is 0.0216. The number of hydrogen-bond donors (Lipinski definition) is 2. The molecule has 1 aromatic rings. The summed E-state index contributed by atoms with van der Waals surface area (Å²) >= 11 is 0. The minimum atomic E-state index is -0.0472. The topological polar surface area (TPSA) is 44.5 Å². The molecule has 2 aliphatic rings. The fraction of sp³-hybridized carbons (Fsp3) is 0.500. The lowest BCUT2D eigenvalue weighted by Gasteiger charge is -2.30. The number of rotatable bonds is 11. The second-order valence-corrected chi connectivity index (χ2v) is 11.1. The van der Waals surface area contributed by atoms with E-state index in [1.165, 1.54) is 33.8 Å². The van der Waals surface area contributed by atoms with Gasteiger partial charge in [-0.05, 0) is 60.2 Å². The summed E-state index contributed by atoms with van der Waals surface area (Å²) in [6.45, 7) is 18.6. The molecule has 0 saturated heterocycles.